The van der Waals surface area contributed by atoms with Crippen LogP contribution in [0.25, 0.3) is 6.08 Å². The first-order valence-electron chi connectivity index (χ1n) is 7.48. The predicted octanol–water partition coefficient (Wildman–Crippen LogP) is 2.39. The van der Waals surface area contributed by atoms with E-state index < -0.39 is 0 Å². The summed E-state index contributed by atoms with van der Waals surface area (Å²) < 4.78 is 0. The number of nitrogens with zero attached hydrogens (tertiary/aromatic N) is 2. The molecule has 3 nitrogen and oxygen atoms in total. The minimum Gasteiger partial charge on any atom is -0.338 e. The zero-order chi connectivity index (χ0) is 13.9. The zero-order valence-corrected chi connectivity index (χ0v) is 12.0. The van der Waals surface area contributed by atoms with Crippen molar-refractivity contribution in [1.29, 1.82) is 0 Å². The van der Waals surface area contributed by atoms with E-state index in [1.165, 1.54) is 12.8 Å². The molecular weight excluding hydrogens is 248 g/mol. The summed E-state index contributed by atoms with van der Waals surface area (Å²) in [7, 11) is 2.20. The fourth-order valence-electron chi connectivity index (χ4n) is 3.35. The number of fused-ring (bicyclic) bond motifs is 2. The van der Waals surface area contributed by atoms with Gasteiger partial charge in [-0.25, -0.2) is 0 Å². The summed E-state index contributed by atoms with van der Waals surface area (Å²) in [6.45, 7) is 1.77. The van der Waals surface area contributed by atoms with Crippen LogP contribution in [0.5, 0.6) is 0 Å². The third-order valence-electron chi connectivity index (χ3n) is 4.68. The van der Waals surface area contributed by atoms with Crippen molar-refractivity contribution in [3.05, 3.63) is 42.0 Å². The maximum absolute atomic E-state index is 12.3. The quantitative estimate of drug-likeness (QED) is 0.770. The van der Waals surface area contributed by atoms with Gasteiger partial charge in [-0.1, -0.05) is 30.3 Å². The number of carbonyl (C=O) groups excluding carboxylic acids is 1. The maximum atomic E-state index is 12.3. The van der Waals surface area contributed by atoms with Gasteiger partial charge in [-0.3, -0.25) is 9.69 Å². The van der Waals surface area contributed by atoms with Crippen molar-refractivity contribution in [2.24, 2.45) is 0 Å². The zero-order valence-electron chi connectivity index (χ0n) is 12.0. The molecule has 3 rings (SSSR count). The molecule has 2 fully saturated rings. The molecule has 2 bridgehead atoms. The molecule has 0 aromatic heterocycles. The Bertz CT molecular complexity index is 497. The van der Waals surface area contributed by atoms with Gasteiger partial charge in [-0.2, -0.15) is 0 Å². The lowest BCUT2D eigenvalue weighted by Gasteiger charge is -2.24. The minimum absolute atomic E-state index is 0.148. The summed E-state index contributed by atoms with van der Waals surface area (Å²) in [4.78, 5) is 16.8. The van der Waals surface area contributed by atoms with Gasteiger partial charge in [0.1, 0.15) is 0 Å². The van der Waals surface area contributed by atoms with Gasteiger partial charge in [0.05, 0.1) is 0 Å². The Kier molecular flexibility index (Phi) is 3.88. The number of hydrogen-bond acceptors (Lipinski definition) is 2. The lowest BCUT2D eigenvalue weighted by molar-refractivity contribution is -0.126. The van der Waals surface area contributed by atoms with Crippen LogP contribution in [0.3, 0.4) is 0 Å². The Morgan fingerprint density at radius 1 is 1.15 bits per heavy atom. The summed E-state index contributed by atoms with van der Waals surface area (Å²) in [6.07, 6.45) is 7.26. The first kappa shape index (κ1) is 13.4. The molecule has 20 heavy (non-hydrogen) atoms. The average molecular weight is 270 g/mol. The van der Waals surface area contributed by atoms with Crippen LogP contribution in [0.15, 0.2) is 36.4 Å². The van der Waals surface area contributed by atoms with Gasteiger partial charge in [0.15, 0.2) is 0 Å². The SMILES string of the molecule is CN1[C@H]2CC[C@H]1CN(C(=O)/C=C/c1ccccc1)CC2. The molecule has 2 aliphatic heterocycles. The van der Waals surface area contributed by atoms with Crippen LogP contribution in [-0.2, 0) is 4.79 Å². The largest absolute Gasteiger partial charge is 0.338 e. The third kappa shape index (κ3) is 2.78. The van der Waals surface area contributed by atoms with Crippen LogP contribution >= 0.6 is 0 Å². The van der Waals surface area contributed by atoms with Crippen LogP contribution in [-0.4, -0.2) is 47.9 Å². The van der Waals surface area contributed by atoms with Gasteiger partial charge < -0.3 is 4.90 Å². The highest BCUT2D eigenvalue weighted by atomic mass is 16.2. The van der Waals surface area contributed by atoms with Gasteiger partial charge in [0, 0.05) is 31.2 Å². The summed E-state index contributed by atoms with van der Waals surface area (Å²) in [5, 5.41) is 0. The van der Waals surface area contributed by atoms with Crippen molar-refractivity contribution in [3.8, 4) is 0 Å². The Morgan fingerprint density at radius 2 is 1.90 bits per heavy atom. The van der Waals surface area contributed by atoms with Crippen molar-refractivity contribution in [2.45, 2.75) is 31.3 Å². The van der Waals surface area contributed by atoms with Crippen LogP contribution in [0.1, 0.15) is 24.8 Å². The van der Waals surface area contributed by atoms with E-state index in [-0.39, 0.29) is 5.91 Å². The van der Waals surface area contributed by atoms with E-state index in [9.17, 15) is 4.79 Å². The topological polar surface area (TPSA) is 23.6 Å². The van der Waals surface area contributed by atoms with E-state index in [2.05, 4.69) is 11.9 Å². The first-order chi connectivity index (χ1) is 9.74. The molecule has 3 heteroatoms. The molecule has 2 heterocycles. The average Bonchev–Trinajstić information content (AvgIpc) is 2.71. The van der Waals surface area contributed by atoms with Crippen molar-refractivity contribution < 1.29 is 4.79 Å². The van der Waals surface area contributed by atoms with Crippen LogP contribution in [0.2, 0.25) is 0 Å². The molecule has 0 N–H and O–H groups in total. The summed E-state index contributed by atoms with van der Waals surface area (Å²) >= 11 is 0. The monoisotopic (exact) mass is 270 g/mol. The molecule has 1 amide bonds. The molecule has 1 aromatic carbocycles. The molecule has 2 atom stereocenters. The van der Waals surface area contributed by atoms with E-state index in [0.29, 0.717) is 12.1 Å². The van der Waals surface area contributed by atoms with Gasteiger partial charge in [0.2, 0.25) is 5.91 Å². The van der Waals surface area contributed by atoms with Crippen molar-refractivity contribution >= 4 is 12.0 Å². The number of amides is 1. The number of hydrogen-bond donors (Lipinski definition) is 0. The highest BCUT2D eigenvalue weighted by Gasteiger charge is 2.35. The van der Waals surface area contributed by atoms with Gasteiger partial charge >= 0.3 is 0 Å². The Balaban J connectivity index is 1.64. The smallest absolute Gasteiger partial charge is 0.246 e. The van der Waals surface area contributed by atoms with Gasteiger partial charge in [-0.05, 0) is 37.9 Å². The second-order valence-corrected chi connectivity index (χ2v) is 5.87. The normalized spacial score (nSPS) is 26.9. The van der Waals surface area contributed by atoms with Crippen LogP contribution in [0.4, 0.5) is 0 Å². The molecule has 0 aliphatic carbocycles. The van der Waals surface area contributed by atoms with Gasteiger partial charge in [-0.15, -0.1) is 0 Å². The van der Waals surface area contributed by atoms with Crippen molar-refractivity contribution in [1.82, 2.24) is 9.80 Å². The Labute approximate surface area is 120 Å². The molecule has 0 spiro atoms. The number of likely N-dealkylation sites (N-methyl/N-ethyl adjacent to an activating group) is 1. The van der Waals surface area contributed by atoms with Crippen molar-refractivity contribution in [2.75, 3.05) is 20.1 Å². The molecular formula is C17H22N2O. The van der Waals surface area contributed by atoms with E-state index in [4.69, 9.17) is 0 Å². The highest BCUT2D eigenvalue weighted by Crippen LogP contribution is 2.28. The molecule has 0 unspecified atom stereocenters. The van der Waals surface area contributed by atoms with E-state index in [1.54, 1.807) is 6.08 Å². The van der Waals surface area contributed by atoms with E-state index in [1.807, 2.05) is 41.3 Å². The second kappa shape index (κ2) is 5.80. The fourth-order valence-corrected chi connectivity index (χ4v) is 3.35. The molecule has 2 saturated heterocycles. The summed E-state index contributed by atoms with van der Waals surface area (Å²) in [6, 6.07) is 11.2. The lowest BCUT2D eigenvalue weighted by atomic mass is 10.1. The standard InChI is InChI=1S/C17H22N2O/c1-18-15-8-9-16(18)13-19(12-11-15)17(20)10-7-14-5-3-2-4-6-14/h2-7,10,15-16H,8-9,11-13H2,1H3/b10-7+/t15-,16-/m0/s1. The summed E-state index contributed by atoms with van der Waals surface area (Å²) in [5.74, 6) is 0.148. The second-order valence-electron chi connectivity index (χ2n) is 5.87. The van der Waals surface area contributed by atoms with Gasteiger partial charge in [0.25, 0.3) is 0 Å². The Hall–Kier alpha value is -1.61. The predicted molar refractivity (Wildman–Crippen MR) is 81.2 cm³/mol. The fraction of sp³-hybridized carbons (Fsp3) is 0.471. The number of rotatable bonds is 2. The van der Waals surface area contributed by atoms with Crippen LogP contribution < -0.4 is 0 Å². The summed E-state index contributed by atoms with van der Waals surface area (Å²) in [5.41, 5.74) is 1.08. The number of benzene rings is 1. The van der Waals surface area contributed by atoms with E-state index >= 15 is 0 Å². The molecule has 106 valence electrons. The molecule has 0 saturated carbocycles. The van der Waals surface area contributed by atoms with Crippen LogP contribution in [0, 0.1) is 0 Å². The highest BCUT2D eigenvalue weighted by molar-refractivity contribution is 5.91. The molecule has 0 radical (unpaired) electrons. The van der Waals surface area contributed by atoms with E-state index in [0.717, 1.165) is 25.1 Å². The first-order valence-corrected chi connectivity index (χ1v) is 7.48. The third-order valence-corrected chi connectivity index (χ3v) is 4.68. The number of likely N-dealkylation sites (tertiary alicyclic amines) is 1. The molecule has 1 aromatic rings. The maximum Gasteiger partial charge on any atom is 0.246 e. The lowest BCUT2D eigenvalue weighted by Crippen LogP contribution is -2.39. The Morgan fingerprint density at radius 3 is 2.70 bits per heavy atom. The van der Waals surface area contributed by atoms with Crippen molar-refractivity contribution in [3.63, 3.8) is 0 Å². The number of carbonyl (C=O) groups is 1. The minimum atomic E-state index is 0.148. The molecule has 2 aliphatic rings.